The van der Waals surface area contributed by atoms with Crippen LogP contribution in [0.3, 0.4) is 0 Å². The molecule has 0 saturated heterocycles. The topological polar surface area (TPSA) is 75.7 Å². The zero-order valence-corrected chi connectivity index (χ0v) is 12.5. The molecule has 4 heteroatoms. The van der Waals surface area contributed by atoms with E-state index in [1.165, 1.54) is 0 Å². The Morgan fingerprint density at radius 1 is 1.35 bits per heavy atom. The number of hydrogen-bond acceptors (Lipinski definition) is 4. The van der Waals surface area contributed by atoms with E-state index in [4.69, 9.17) is 10.5 Å². The van der Waals surface area contributed by atoms with Crippen LogP contribution in [-0.4, -0.2) is 29.0 Å². The molecule has 0 heterocycles. The molecule has 112 valence electrons. The smallest absolute Gasteiger partial charge is 0.119 e. The first-order chi connectivity index (χ1) is 9.27. The van der Waals surface area contributed by atoms with Gasteiger partial charge in [-0.1, -0.05) is 12.1 Å². The molecule has 0 bridgehead atoms. The summed E-state index contributed by atoms with van der Waals surface area (Å²) < 4.78 is 5.23. The van der Waals surface area contributed by atoms with Gasteiger partial charge >= 0.3 is 0 Å². The summed E-state index contributed by atoms with van der Waals surface area (Å²) in [4.78, 5) is 0. The molecule has 0 spiro atoms. The average Bonchev–Trinajstić information content (AvgIpc) is 2.37. The van der Waals surface area contributed by atoms with Gasteiger partial charge in [-0.15, -0.1) is 0 Å². The Labute approximate surface area is 120 Å². The molecule has 1 aliphatic carbocycles. The lowest BCUT2D eigenvalue weighted by atomic mass is 9.64. The maximum Gasteiger partial charge on any atom is 0.119 e. The highest BCUT2D eigenvalue weighted by atomic mass is 16.5. The van der Waals surface area contributed by atoms with Crippen molar-refractivity contribution in [1.29, 1.82) is 0 Å². The molecule has 0 unspecified atom stereocenters. The van der Waals surface area contributed by atoms with Gasteiger partial charge in [-0.05, 0) is 44.4 Å². The zero-order chi connectivity index (χ0) is 15.0. The second kappa shape index (κ2) is 5.35. The van der Waals surface area contributed by atoms with Gasteiger partial charge in [0.2, 0.25) is 0 Å². The second-order valence-corrected chi connectivity index (χ2v) is 6.47. The van der Waals surface area contributed by atoms with E-state index in [0.717, 1.165) is 5.56 Å². The molecule has 0 aliphatic heterocycles. The number of ether oxygens (including phenoxy) is 1. The highest BCUT2D eigenvalue weighted by Crippen LogP contribution is 2.46. The summed E-state index contributed by atoms with van der Waals surface area (Å²) in [6.07, 6.45) is 1.20. The van der Waals surface area contributed by atoms with Gasteiger partial charge in [-0.3, -0.25) is 0 Å². The fraction of sp³-hybridized carbons (Fsp3) is 0.625. The number of hydrogen-bond donors (Lipinski definition) is 3. The minimum Gasteiger partial charge on any atom is -0.497 e. The van der Waals surface area contributed by atoms with Crippen LogP contribution in [0.15, 0.2) is 24.3 Å². The molecule has 0 amide bonds. The van der Waals surface area contributed by atoms with Crippen molar-refractivity contribution < 1.29 is 14.9 Å². The van der Waals surface area contributed by atoms with E-state index < -0.39 is 17.2 Å². The van der Waals surface area contributed by atoms with Crippen molar-refractivity contribution in [3.63, 3.8) is 0 Å². The third kappa shape index (κ3) is 2.82. The molecule has 0 radical (unpaired) electrons. The Morgan fingerprint density at radius 3 is 2.65 bits per heavy atom. The highest BCUT2D eigenvalue weighted by Gasteiger charge is 2.48. The quantitative estimate of drug-likeness (QED) is 0.788. The van der Waals surface area contributed by atoms with E-state index in [1.54, 1.807) is 7.11 Å². The highest BCUT2D eigenvalue weighted by molar-refractivity contribution is 5.34. The molecule has 20 heavy (non-hydrogen) atoms. The summed E-state index contributed by atoms with van der Waals surface area (Å²) in [7, 11) is 1.60. The van der Waals surface area contributed by atoms with Crippen molar-refractivity contribution in [2.24, 2.45) is 11.7 Å². The lowest BCUT2D eigenvalue weighted by Crippen LogP contribution is -2.55. The van der Waals surface area contributed by atoms with Gasteiger partial charge in [0.05, 0.1) is 18.8 Å². The summed E-state index contributed by atoms with van der Waals surface area (Å²) in [6, 6.07) is 7.40. The fourth-order valence-corrected chi connectivity index (χ4v) is 3.40. The third-order valence-electron chi connectivity index (χ3n) is 4.38. The Hall–Kier alpha value is -1.10. The number of aliphatic hydroxyl groups excluding tert-OH is 1. The van der Waals surface area contributed by atoms with Gasteiger partial charge in [0.1, 0.15) is 5.75 Å². The number of nitrogens with two attached hydrogens (primary N) is 1. The molecule has 2 rings (SSSR count). The van der Waals surface area contributed by atoms with Gasteiger partial charge in [-0.2, -0.15) is 0 Å². The van der Waals surface area contributed by atoms with Crippen LogP contribution in [0.1, 0.15) is 38.7 Å². The van der Waals surface area contributed by atoms with Crippen LogP contribution in [0.5, 0.6) is 5.75 Å². The number of methoxy groups -OCH3 is 1. The maximum absolute atomic E-state index is 11.2. The number of aliphatic hydroxyl groups is 2. The first-order valence-electron chi connectivity index (χ1n) is 7.11. The van der Waals surface area contributed by atoms with Crippen molar-refractivity contribution in [1.82, 2.24) is 0 Å². The van der Waals surface area contributed by atoms with Gasteiger partial charge in [0.25, 0.3) is 0 Å². The predicted molar refractivity (Wildman–Crippen MR) is 78.5 cm³/mol. The summed E-state index contributed by atoms with van der Waals surface area (Å²) in [5.74, 6) is 0.593. The Balaban J connectivity index is 2.45. The summed E-state index contributed by atoms with van der Waals surface area (Å²) in [5, 5.41) is 21.2. The third-order valence-corrected chi connectivity index (χ3v) is 4.38. The van der Waals surface area contributed by atoms with Crippen molar-refractivity contribution in [3.05, 3.63) is 29.8 Å². The molecule has 4 nitrogen and oxygen atoms in total. The Bertz CT molecular complexity index is 469. The molecule has 1 aliphatic rings. The maximum atomic E-state index is 11.2. The standard InChI is InChI=1S/C16H25NO3/c1-15(2,17)14-8-7-12(18)10-16(14,19)11-5-4-6-13(9-11)20-3/h4-6,9,12,14,18-19H,7-8,10,17H2,1-3H3/t12-,14+,16+/m1/s1. The summed E-state index contributed by atoms with van der Waals surface area (Å²) in [5.41, 5.74) is 5.39. The van der Waals surface area contributed by atoms with E-state index in [1.807, 2.05) is 38.1 Å². The average molecular weight is 279 g/mol. The van der Waals surface area contributed by atoms with Crippen LogP contribution < -0.4 is 10.5 Å². The Morgan fingerprint density at radius 2 is 2.05 bits per heavy atom. The molecule has 0 aromatic heterocycles. The zero-order valence-electron chi connectivity index (χ0n) is 12.5. The van der Waals surface area contributed by atoms with E-state index in [9.17, 15) is 10.2 Å². The lowest BCUT2D eigenvalue weighted by Gasteiger charge is -2.48. The molecule has 3 atom stereocenters. The summed E-state index contributed by atoms with van der Waals surface area (Å²) >= 11 is 0. The van der Waals surface area contributed by atoms with Gasteiger partial charge < -0.3 is 20.7 Å². The monoisotopic (exact) mass is 279 g/mol. The number of benzene rings is 1. The van der Waals surface area contributed by atoms with Crippen molar-refractivity contribution >= 4 is 0 Å². The van der Waals surface area contributed by atoms with E-state index >= 15 is 0 Å². The van der Waals surface area contributed by atoms with E-state index in [2.05, 4.69) is 0 Å². The van der Waals surface area contributed by atoms with Gasteiger partial charge in [0.15, 0.2) is 0 Å². The molecule has 1 fully saturated rings. The minimum atomic E-state index is -1.12. The van der Waals surface area contributed by atoms with Crippen LogP contribution in [0.25, 0.3) is 0 Å². The van der Waals surface area contributed by atoms with E-state index in [-0.39, 0.29) is 5.92 Å². The van der Waals surface area contributed by atoms with E-state index in [0.29, 0.717) is 25.0 Å². The number of rotatable bonds is 3. The molecule has 1 aromatic carbocycles. The van der Waals surface area contributed by atoms with Crippen LogP contribution in [0, 0.1) is 5.92 Å². The van der Waals surface area contributed by atoms with Gasteiger partial charge in [0, 0.05) is 17.9 Å². The molecular weight excluding hydrogens is 254 g/mol. The van der Waals surface area contributed by atoms with Crippen LogP contribution in [0.2, 0.25) is 0 Å². The van der Waals surface area contributed by atoms with Crippen LogP contribution in [0.4, 0.5) is 0 Å². The predicted octanol–water partition coefficient (Wildman–Crippen LogP) is 1.78. The Kier molecular flexibility index (Phi) is 4.09. The van der Waals surface area contributed by atoms with Crippen LogP contribution in [-0.2, 0) is 5.60 Å². The molecular formula is C16H25NO3. The van der Waals surface area contributed by atoms with Crippen molar-refractivity contribution in [2.45, 2.75) is 50.4 Å². The molecule has 1 saturated carbocycles. The molecule has 4 N–H and O–H groups in total. The second-order valence-electron chi connectivity index (χ2n) is 6.47. The largest absolute Gasteiger partial charge is 0.497 e. The first-order valence-corrected chi connectivity index (χ1v) is 7.11. The normalized spacial score (nSPS) is 31.1. The SMILES string of the molecule is COc1cccc([C@@]2(O)C[C@H](O)CC[C@H]2C(C)(C)N)c1. The van der Waals surface area contributed by atoms with Crippen molar-refractivity contribution in [2.75, 3.05) is 7.11 Å². The minimum absolute atomic E-state index is 0.106. The lowest BCUT2D eigenvalue weighted by molar-refractivity contribution is -0.113. The molecule has 1 aromatic rings. The van der Waals surface area contributed by atoms with Crippen LogP contribution >= 0.6 is 0 Å². The first kappa shape index (κ1) is 15.3. The summed E-state index contributed by atoms with van der Waals surface area (Å²) in [6.45, 7) is 3.86. The van der Waals surface area contributed by atoms with Crippen molar-refractivity contribution in [3.8, 4) is 5.75 Å². The fourth-order valence-electron chi connectivity index (χ4n) is 3.40. The van der Waals surface area contributed by atoms with Gasteiger partial charge in [-0.25, -0.2) is 0 Å².